The number of benzene rings is 1. The quantitative estimate of drug-likeness (QED) is 0.849. The Balaban J connectivity index is 1.59. The van der Waals surface area contributed by atoms with Gasteiger partial charge in [0.25, 0.3) is 5.91 Å². The zero-order chi connectivity index (χ0) is 16.8. The van der Waals surface area contributed by atoms with Gasteiger partial charge in [-0.3, -0.25) is 4.79 Å². The van der Waals surface area contributed by atoms with Gasteiger partial charge in [0.2, 0.25) is 0 Å². The van der Waals surface area contributed by atoms with Gasteiger partial charge in [-0.25, -0.2) is 4.68 Å². The topological polar surface area (TPSA) is 81.1 Å². The summed E-state index contributed by atoms with van der Waals surface area (Å²) in [6, 6.07) is 7.64. The van der Waals surface area contributed by atoms with Crippen molar-refractivity contribution < 1.29 is 9.53 Å². The number of piperidine rings is 1. The van der Waals surface area contributed by atoms with Crippen LogP contribution < -0.4 is 15.4 Å². The first-order valence-electron chi connectivity index (χ1n) is 8.43. The second-order valence-corrected chi connectivity index (χ2v) is 5.89. The van der Waals surface area contributed by atoms with Crippen molar-refractivity contribution in [3.63, 3.8) is 0 Å². The third-order valence-corrected chi connectivity index (χ3v) is 4.01. The highest BCUT2D eigenvalue weighted by atomic mass is 16.5. The summed E-state index contributed by atoms with van der Waals surface area (Å²) in [4.78, 5) is 12.3. The molecule has 0 atom stereocenters. The second kappa shape index (κ2) is 7.92. The molecule has 0 aliphatic carbocycles. The van der Waals surface area contributed by atoms with Gasteiger partial charge in [0.1, 0.15) is 5.75 Å². The third kappa shape index (κ3) is 4.11. The molecule has 1 aromatic heterocycles. The van der Waals surface area contributed by atoms with Gasteiger partial charge in [0, 0.05) is 5.69 Å². The first-order valence-corrected chi connectivity index (χ1v) is 8.43. The summed E-state index contributed by atoms with van der Waals surface area (Å²) in [5, 5.41) is 14.3. The smallest absolute Gasteiger partial charge is 0.277 e. The summed E-state index contributed by atoms with van der Waals surface area (Å²) in [6.07, 6.45) is 4.70. The standard InChI is InChI=1S/C17H23N5O2/c1-2-11-24-15-5-3-13(4-6-15)19-17(23)16-12-22(21-20-16)14-7-9-18-10-8-14/h3-6,12,14,18H,2,7-11H2,1H3,(H,19,23). The monoisotopic (exact) mass is 329 g/mol. The van der Waals surface area contributed by atoms with Crippen LogP contribution in [0.15, 0.2) is 30.5 Å². The van der Waals surface area contributed by atoms with Crippen molar-refractivity contribution in [2.75, 3.05) is 25.0 Å². The maximum absolute atomic E-state index is 12.3. The highest BCUT2D eigenvalue weighted by Crippen LogP contribution is 2.18. The zero-order valence-electron chi connectivity index (χ0n) is 13.9. The van der Waals surface area contributed by atoms with E-state index < -0.39 is 0 Å². The molecule has 0 saturated carbocycles. The van der Waals surface area contributed by atoms with E-state index in [1.54, 1.807) is 10.9 Å². The lowest BCUT2D eigenvalue weighted by atomic mass is 10.1. The van der Waals surface area contributed by atoms with E-state index in [1.807, 2.05) is 24.3 Å². The van der Waals surface area contributed by atoms with Crippen LogP contribution in [0, 0.1) is 0 Å². The van der Waals surface area contributed by atoms with E-state index in [0.29, 0.717) is 24.0 Å². The Morgan fingerprint density at radius 1 is 1.33 bits per heavy atom. The van der Waals surface area contributed by atoms with Gasteiger partial charge in [-0.15, -0.1) is 5.10 Å². The van der Waals surface area contributed by atoms with Gasteiger partial charge in [-0.1, -0.05) is 12.1 Å². The zero-order valence-corrected chi connectivity index (χ0v) is 13.9. The lowest BCUT2D eigenvalue weighted by Crippen LogP contribution is -2.29. The molecule has 7 heteroatoms. The molecular formula is C17H23N5O2. The molecular weight excluding hydrogens is 306 g/mol. The fraction of sp³-hybridized carbons (Fsp3) is 0.471. The van der Waals surface area contributed by atoms with Gasteiger partial charge < -0.3 is 15.4 Å². The van der Waals surface area contributed by atoms with Crippen LogP contribution in [0.25, 0.3) is 0 Å². The van der Waals surface area contributed by atoms with E-state index in [9.17, 15) is 4.79 Å². The largest absolute Gasteiger partial charge is 0.494 e. The molecule has 1 saturated heterocycles. The predicted molar refractivity (Wildman–Crippen MR) is 91.3 cm³/mol. The number of aromatic nitrogens is 3. The number of hydrogen-bond acceptors (Lipinski definition) is 5. The molecule has 2 heterocycles. The van der Waals surface area contributed by atoms with Crippen LogP contribution >= 0.6 is 0 Å². The van der Waals surface area contributed by atoms with Crippen molar-refractivity contribution in [1.82, 2.24) is 20.3 Å². The Hall–Kier alpha value is -2.41. The molecule has 0 spiro atoms. The number of carbonyl (C=O) groups excluding carboxylic acids is 1. The van der Waals surface area contributed by atoms with Crippen molar-refractivity contribution in [3.05, 3.63) is 36.2 Å². The Bertz CT molecular complexity index is 662. The van der Waals surface area contributed by atoms with Gasteiger partial charge in [-0.2, -0.15) is 0 Å². The van der Waals surface area contributed by atoms with Crippen molar-refractivity contribution in [2.45, 2.75) is 32.2 Å². The number of ether oxygens (including phenoxy) is 1. The van der Waals surface area contributed by atoms with Gasteiger partial charge in [0.15, 0.2) is 5.69 Å². The molecule has 24 heavy (non-hydrogen) atoms. The molecule has 3 rings (SSSR count). The van der Waals surface area contributed by atoms with E-state index in [4.69, 9.17) is 4.74 Å². The molecule has 1 fully saturated rings. The maximum Gasteiger partial charge on any atom is 0.277 e. The molecule has 7 nitrogen and oxygen atoms in total. The van der Waals surface area contributed by atoms with Crippen molar-refractivity contribution in [2.24, 2.45) is 0 Å². The van der Waals surface area contributed by atoms with E-state index in [1.165, 1.54) is 0 Å². The Kier molecular flexibility index (Phi) is 5.43. The van der Waals surface area contributed by atoms with Crippen LogP contribution in [0.1, 0.15) is 42.7 Å². The van der Waals surface area contributed by atoms with Gasteiger partial charge >= 0.3 is 0 Å². The molecule has 1 aliphatic heterocycles. The number of nitrogens with one attached hydrogen (secondary N) is 2. The van der Waals surface area contributed by atoms with Crippen molar-refractivity contribution >= 4 is 11.6 Å². The Morgan fingerprint density at radius 3 is 2.79 bits per heavy atom. The van der Waals surface area contributed by atoms with E-state index in [2.05, 4.69) is 27.9 Å². The summed E-state index contributed by atoms with van der Waals surface area (Å²) in [6.45, 7) is 4.69. The molecule has 2 N–H and O–H groups in total. The summed E-state index contributed by atoms with van der Waals surface area (Å²) in [5.74, 6) is 0.545. The summed E-state index contributed by atoms with van der Waals surface area (Å²) < 4.78 is 7.33. The highest BCUT2D eigenvalue weighted by Gasteiger charge is 2.18. The van der Waals surface area contributed by atoms with Gasteiger partial charge in [0.05, 0.1) is 18.8 Å². The molecule has 0 bridgehead atoms. The second-order valence-electron chi connectivity index (χ2n) is 5.89. The summed E-state index contributed by atoms with van der Waals surface area (Å²) >= 11 is 0. The van der Waals surface area contributed by atoms with Crippen LogP contribution in [0.2, 0.25) is 0 Å². The minimum absolute atomic E-state index is 0.252. The summed E-state index contributed by atoms with van der Waals surface area (Å²) in [5.41, 5.74) is 1.04. The van der Waals surface area contributed by atoms with Gasteiger partial charge in [-0.05, 0) is 56.6 Å². The molecule has 128 valence electrons. The minimum atomic E-state index is -0.252. The van der Waals surface area contributed by atoms with Crippen LogP contribution in [-0.2, 0) is 0 Å². The average molecular weight is 329 g/mol. The fourth-order valence-corrected chi connectivity index (χ4v) is 2.68. The first-order chi connectivity index (χ1) is 11.8. The van der Waals surface area contributed by atoms with E-state index in [0.717, 1.165) is 38.1 Å². The van der Waals surface area contributed by atoms with Crippen molar-refractivity contribution in [1.29, 1.82) is 0 Å². The number of amides is 1. The number of nitrogens with zero attached hydrogens (tertiary/aromatic N) is 3. The molecule has 1 aromatic carbocycles. The number of rotatable bonds is 6. The van der Waals surface area contributed by atoms with Crippen LogP contribution in [0.4, 0.5) is 5.69 Å². The molecule has 1 amide bonds. The average Bonchev–Trinajstić information content (AvgIpc) is 3.12. The molecule has 0 radical (unpaired) electrons. The first kappa shape index (κ1) is 16.4. The van der Waals surface area contributed by atoms with Crippen LogP contribution in [0.5, 0.6) is 5.75 Å². The number of anilines is 1. The fourth-order valence-electron chi connectivity index (χ4n) is 2.68. The Labute approximate surface area is 141 Å². The summed E-state index contributed by atoms with van der Waals surface area (Å²) in [7, 11) is 0. The molecule has 1 aliphatic rings. The maximum atomic E-state index is 12.3. The number of carbonyl (C=O) groups is 1. The normalized spacial score (nSPS) is 15.2. The SMILES string of the molecule is CCCOc1ccc(NC(=O)c2cn(C3CCNCC3)nn2)cc1. The predicted octanol–water partition coefficient (Wildman–Crippen LogP) is 2.24. The third-order valence-electron chi connectivity index (χ3n) is 4.01. The van der Waals surface area contributed by atoms with E-state index >= 15 is 0 Å². The Morgan fingerprint density at radius 2 is 2.08 bits per heavy atom. The van der Waals surface area contributed by atoms with Crippen LogP contribution in [-0.4, -0.2) is 40.6 Å². The lowest BCUT2D eigenvalue weighted by Gasteiger charge is -2.22. The van der Waals surface area contributed by atoms with Crippen LogP contribution in [0.3, 0.4) is 0 Å². The lowest BCUT2D eigenvalue weighted by molar-refractivity contribution is 0.102. The number of hydrogen-bond donors (Lipinski definition) is 2. The highest BCUT2D eigenvalue weighted by molar-refractivity contribution is 6.02. The van der Waals surface area contributed by atoms with Crippen molar-refractivity contribution in [3.8, 4) is 5.75 Å². The van der Waals surface area contributed by atoms with E-state index in [-0.39, 0.29) is 5.91 Å². The molecule has 2 aromatic rings. The molecule has 0 unspecified atom stereocenters. The minimum Gasteiger partial charge on any atom is -0.494 e.